The van der Waals surface area contributed by atoms with Crippen LogP contribution in [0.2, 0.25) is 0 Å². The molecule has 1 saturated heterocycles. The van der Waals surface area contributed by atoms with Gasteiger partial charge in [-0.25, -0.2) is 0 Å². The van der Waals surface area contributed by atoms with E-state index in [0.29, 0.717) is 5.78 Å². The Kier molecular flexibility index (Phi) is 5.41. The number of hydrogen-bond acceptors (Lipinski definition) is 3. The predicted molar refractivity (Wildman–Crippen MR) is 97.4 cm³/mol. The summed E-state index contributed by atoms with van der Waals surface area (Å²) in [5.74, 6) is 0.496. The molecule has 24 heavy (non-hydrogen) atoms. The second-order valence-electron chi connectivity index (χ2n) is 6.87. The number of hydrogen-bond donors (Lipinski definition) is 0. The van der Waals surface area contributed by atoms with E-state index in [1.807, 2.05) is 37.3 Å². The minimum Gasteiger partial charge on any atom is -0.303 e. The Hall–Kier alpha value is -2.00. The highest BCUT2D eigenvalue weighted by atomic mass is 16.1. The molecular weight excluding hydrogens is 296 g/mol. The number of likely N-dealkylation sites (tertiary alicyclic amines) is 1. The van der Waals surface area contributed by atoms with Gasteiger partial charge >= 0.3 is 0 Å². The van der Waals surface area contributed by atoms with E-state index in [2.05, 4.69) is 28.9 Å². The summed E-state index contributed by atoms with van der Waals surface area (Å²) < 4.78 is 0. The van der Waals surface area contributed by atoms with Crippen molar-refractivity contribution in [2.24, 2.45) is 5.92 Å². The van der Waals surface area contributed by atoms with Crippen LogP contribution in [0, 0.1) is 19.8 Å². The maximum Gasteiger partial charge on any atom is 0.166 e. The maximum atomic E-state index is 12.6. The van der Waals surface area contributed by atoms with Gasteiger partial charge in [-0.1, -0.05) is 35.9 Å². The first-order valence-corrected chi connectivity index (χ1v) is 8.87. The molecule has 1 aromatic carbocycles. The van der Waals surface area contributed by atoms with Crippen molar-refractivity contribution >= 4 is 5.78 Å². The molecule has 0 unspecified atom stereocenters. The van der Waals surface area contributed by atoms with Crippen LogP contribution in [-0.2, 0) is 6.42 Å². The molecule has 0 atom stereocenters. The van der Waals surface area contributed by atoms with Crippen LogP contribution in [0.25, 0.3) is 0 Å². The number of rotatable bonds is 5. The zero-order chi connectivity index (χ0) is 16.9. The molecule has 2 aromatic rings. The van der Waals surface area contributed by atoms with E-state index in [1.54, 1.807) is 0 Å². The monoisotopic (exact) mass is 322 g/mol. The van der Waals surface area contributed by atoms with Crippen molar-refractivity contribution in [1.29, 1.82) is 0 Å². The van der Waals surface area contributed by atoms with E-state index in [0.717, 1.165) is 55.8 Å². The number of nitrogens with zero attached hydrogens (tertiary/aromatic N) is 2. The zero-order valence-corrected chi connectivity index (χ0v) is 14.7. The Bertz CT molecular complexity index is 685. The summed E-state index contributed by atoms with van der Waals surface area (Å²) in [6, 6.07) is 14.2. The molecule has 2 heterocycles. The van der Waals surface area contributed by atoms with Crippen molar-refractivity contribution < 1.29 is 4.79 Å². The van der Waals surface area contributed by atoms with Gasteiger partial charge in [-0.2, -0.15) is 0 Å². The fourth-order valence-corrected chi connectivity index (χ4v) is 3.38. The van der Waals surface area contributed by atoms with E-state index < -0.39 is 0 Å². The van der Waals surface area contributed by atoms with Gasteiger partial charge < -0.3 is 4.90 Å². The third kappa shape index (κ3) is 4.30. The van der Waals surface area contributed by atoms with Gasteiger partial charge in [0, 0.05) is 35.8 Å². The first-order valence-electron chi connectivity index (χ1n) is 8.87. The highest BCUT2D eigenvalue weighted by molar-refractivity contribution is 5.97. The molecule has 1 aliphatic heterocycles. The van der Waals surface area contributed by atoms with Crippen molar-refractivity contribution in [3.63, 3.8) is 0 Å². The zero-order valence-electron chi connectivity index (χ0n) is 14.7. The lowest BCUT2D eigenvalue weighted by atomic mass is 9.88. The van der Waals surface area contributed by atoms with Gasteiger partial charge in [-0.05, 0) is 51.9 Å². The van der Waals surface area contributed by atoms with Crippen molar-refractivity contribution in [3.05, 3.63) is 65.0 Å². The average molecular weight is 322 g/mol. The molecule has 3 heteroatoms. The first-order chi connectivity index (χ1) is 11.6. The molecule has 3 rings (SSSR count). The molecule has 0 amide bonds. The van der Waals surface area contributed by atoms with Crippen LogP contribution in [0.1, 0.15) is 40.2 Å². The van der Waals surface area contributed by atoms with Crippen LogP contribution in [0.5, 0.6) is 0 Å². The van der Waals surface area contributed by atoms with Crippen LogP contribution in [0.3, 0.4) is 0 Å². The summed E-state index contributed by atoms with van der Waals surface area (Å²) >= 11 is 0. The number of carbonyl (C=O) groups excluding carboxylic acids is 1. The predicted octanol–water partition coefficient (Wildman–Crippen LogP) is 3.84. The topological polar surface area (TPSA) is 33.2 Å². The average Bonchev–Trinajstić information content (AvgIpc) is 2.61. The minimum atomic E-state index is 0.182. The normalized spacial score (nSPS) is 16.2. The molecule has 0 radical (unpaired) electrons. The van der Waals surface area contributed by atoms with Gasteiger partial charge in [0.2, 0.25) is 0 Å². The van der Waals surface area contributed by atoms with Gasteiger partial charge in [0.25, 0.3) is 0 Å². The molecular formula is C21H26N2O. The van der Waals surface area contributed by atoms with Gasteiger partial charge in [0.05, 0.1) is 0 Å². The fraction of sp³-hybridized carbons (Fsp3) is 0.429. The largest absolute Gasteiger partial charge is 0.303 e. The lowest BCUT2D eigenvalue weighted by Gasteiger charge is -2.31. The quantitative estimate of drug-likeness (QED) is 0.784. The van der Waals surface area contributed by atoms with Crippen LogP contribution in [0.15, 0.2) is 42.5 Å². The number of benzene rings is 1. The van der Waals surface area contributed by atoms with E-state index in [4.69, 9.17) is 0 Å². The fourth-order valence-electron chi connectivity index (χ4n) is 3.38. The highest BCUT2D eigenvalue weighted by Gasteiger charge is 2.25. The van der Waals surface area contributed by atoms with Crippen molar-refractivity contribution in [1.82, 2.24) is 9.88 Å². The molecule has 126 valence electrons. The third-order valence-electron chi connectivity index (χ3n) is 4.92. The van der Waals surface area contributed by atoms with E-state index in [9.17, 15) is 4.79 Å². The highest BCUT2D eigenvalue weighted by Crippen LogP contribution is 2.22. The van der Waals surface area contributed by atoms with Crippen molar-refractivity contribution in [3.8, 4) is 0 Å². The SMILES string of the molecule is Cc1ccc(C(=O)C2CCN(CCc3cccc(C)n3)CC2)cc1. The number of aryl methyl sites for hydroxylation is 2. The molecule has 1 aromatic heterocycles. The number of pyridine rings is 1. The van der Waals surface area contributed by atoms with Crippen LogP contribution < -0.4 is 0 Å². The standard InChI is InChI=1S/C21H26N2O/c1-16-6-8-18(9-7-16)21(24)19-10-13-23(14-11-19)15-12-20-5-3-4-17(2)22-20/h3-9,19H,10-15H2,1-2H3. The van der Waals surface area contributed by atoms with Crippen LogP contribution in [0.4, 0.5) is 0 Å². The molecule has 0 N–H and O–H groups in total. The minimum absolute atomic E-state index is 0.182. The molecule has 0 spiro atoms. The lowest BCUT2D eigenvalue weighted by Crippen LogP contribution is -2.37. The number of carbonyl (C=O) groups is 1. The van der Waals surface area contributed by atoms with Crippen LogP contribution in [-0.4, -0.2) is 35.3 Å². The van der Waals surface area contributed by atoms with Crippen molar-refractivity contribution in [2.45, 2.75) is 33.1 Å². The van der Waals surface area contributed by atoms with Gasteiger partial charge in [0.15, 0.2) is 5.78 Å². The van der Waals surface area contributed by atoms with E-state index in [-0.39, 0.29) is 5.92 Å². The van der Waals surface area contributed by atoms with Gasteiger partial charge in [-0.15, -0.1) is 0 Å². The Morgan fingerprint density at radius 2 is 1.79 bits per heavy atom. The first kappa shape index (κ1) is 16.8. The summed E-state index contributed by atoms with van der Waals surface area (Å²) in [7, 11) is 0. The summed E-state index contributed by atoms with van der Waals surface area (Å²) in [6.45, 7) is 7.13. The molecule has 0 bridgehead atoms. The second kappa shape index (κ2) is 7.71. The van der Waals surface area contributed by atoms with Crippen molar-refractivity contribution in [2.75, 3.05) is 19.6 Å². The Morgan fingerprint density at radius 3 is 2.46 bits per heavy atom. The number of Topliss-reactive ketones (excluding diaryl/α,β-unsaturated/α-hetero) is 1. The van der Waals surface area contributed by atoms with E-state index in [1.165, 1.54) is 5.56 Å². The number of piperidine rings is 1. The summed E-state index contributed by atoms with van der Waals surface area (Å²) in [6.07, 6.45) is 2.92. The van der Waals surface area contributed by atoms with Gasteiger partial charge in [0.1, 0.15) is 0 Å². The molecule has 3 nitrogen and oxygen atoms in total. The lowest BCUT2D eigenvalue weighted by molar-refractivity contribution is 0.0841. The number of ketones is 1. The summed E-state index contributed by atoms with van der Waals surface area (Å²) in [5, 5.41) is 0. The smallest absolute Gasteiger partial charge is 0.166 e. The Balaban J connectivity index is 1.48. The summed E-state index contributed by atoms with van der Waals surface area (Å²) in [4.78, 5) is 19.6. The molecule has 1 aliphatic rings. The Morgan fingerprint density at radius 1 is 1.08 bits per heavy atom. The van der Waals surface area contributed by atoms with Gasteiger partial charge in [-0.3, -0.25) is 9.78 Å². The summed E-state index contributed by atoms with van der Waals surface area (Å²) in [5.41, 5.74) is 4.30. The molecule has 0 saturated carbocycles. The maximum absolute atomic E-state index is 12.6. The molecule has 1 fully saturated rings. The van der Waals surface area contributed by atoms with E-state index >= 15 is 0 Å². The number of aromatic nitrogens is 1. The second-order valence-corrected chi connectivity index (χ2v) is 6.87. The van der Waals surface area contributed by atoms with Crippen LogP contribution >= 0.6 is 0 Å². The Labute approximate surface area is 144 Å². The molecule has 0 aliphatic carbocycles. The third-order valence-corrected chi connectivity index (χ3v) is 4.92.